The predicted octanol–water partition coefficient (Wildman–Crippen LogP) is 3.09. The van der Waals surface area contributed by atoms with E-state index < -0.39 is 0 Å². The molecule has 2 N–H and O–H groups in total. The van der Waals surface area contributed by atoms with Gasteiger partial charge >= 0.3 is 0 Å². The van der Waals surface area contributed by atoms with Crippen LogP contribution in [0.2, 0.25) is 5.02 Å². The van der Waals surface area contributed by atoms with Gasteiger partial charge in [0.25, 0.3) is 5.91 Å². The van der Waals surface area contributed by atoms with E-state index in [2.05, 4.69) is 22.5 Å². The lowest BCUT2D eigenvalue weighted by Gasteiger charge is -2.15. The van der Waals surface area contributed by atoms with Crippen LogP contribution >= 0.6 is 11.6 Å². The molecule has 0 radical (unpaired) electrons. The first-order chi connectivity index (χ1) is 9.10. The van der Waals surface area contributed by atoms with E-state index in [0.717, 1.165) is 13.0 Å². The van der Waals surface area contributed by atoms with Gasteiger partial charge in [-0.3, -0.25) is 4.79 Å². The Morgan fingerprint density at radius 3 is 2.79 bits per heavy atom. The van der Waals surface area contributed by atoms with Gasteiger partial charge in [0.1, 0.15) is 11.5 Å². The van der Waals surface area contributed by atoms with Gasteiger partial charge in [0.2, 0.25) is 0 Å². The van der Waals surface area contributed by atoms with Gasteiger partial charge in [0.05, 0.1) is 5.02 Å². The Bertz CT molecular complexity index is 472. The second kappa shape index (κ2) is 5.78. The van der Waals surface area contributed by atoms with Crippen molar-refractivity contribution in [3.05, 3.63) is 22.8 Å². The number of anilines is 1. The van der Waals surface area contributed by atoms with Crippen LogP contribution < -0.4 is 10.6 Å². The molecule has 0 spiro atoms. The lowest BCUT2D eigenvalue weighted by Crippen LogP contribution is -2.31. The number of carbonyl (C=O) groups excluding carboxylic acids is 1. The zero-order valence-electron chi connectivity index (χ0n) is 11.4. The van der Waals surface area contributed by atoms with Crippen molar-refractivity contribution in [3.8, 4) is 0 Å². The monoisotopic (exact) mass is 281 g/mol. The average molecular weight is 282 g/mol. The highest BCUT2D eigenvalue weighted by molar-refractivity contribution is 6.33. The largest absolute Gasteiger partial charge is 0.373 e. The fourth-order valence-electron chi connectivity index (χ4n) is 2.31. The third-order valence-corrected chi connectivity index (χ3v) is 3.98. The van der Waals surface area contributed by atoms with Crippen LogP contribution in [0.5, 0.6) is 0 Å². The highest BCUT2D eigenvalue weighted by Gasteiger charge is 2.41. The van der Waals surface area contributed by atoms with Crippen LogP contribution in [0.25, 0.3) is 0 Å². The molecule has 0 bridgehead atoms. The van der Waals surface area contributed by atoms with Gasteiger partial charge in [-0.2, -0.15) is 0 Å². The molecule has 1 fully saturated rings. The molecule has 1 aromatic rings. The van der Waals surface area contributed by atoms with Crippen molar-refractivity contribution < 1.29 is 4.79 Å². The van der Waals surface area contributed by atoms with Gasteiger partial charge in [-0.25, -0.2) is 4.98 Å². The second-order valence-corrected chi connectivity index (χ2v) is 5.62. The van der Waals surface area contributed by atoms with Crippen LogP contribution in [0.3, 0.4) is 0 Å². The van der Waals surface area contributed by atoms with Crippen LogP contribution in [0.1, 0.15) is 43.1 Å². The molecular weight excluding hydrogens is 262 g/mol. The molecule has 104 valence electrons. The Labute approximate surface area is 118 Å². The number of carbonyl (C=O) groups is 1. The van der Waals surface area contributed by atoms with Crippen LogP contribution in [-0.4, -0.2) is 24.5 Å². The summed E-state index contributed by atoms with van der Waals surface area (Å²) in [6.07, 6.45) is 4.74. The summed E-state index contributed by atoms with van der Waals surface area (Å²) in [4.78, 5) is 16.3. The molecular formula is C14H20ClN3O. The maximum Gasteiger partial charge on any atom is 0.271 e. The summed E-state index contributed by atoms with van der Waals surface area (Å²) < 4.78 is 0. The normalized spacial score (nSPS) is 15.9. The molecule has 1 aliphatic carbocycles. The summed E-state index contributed by atoms with van der Waals surface area (Å²) in [5.41, 5.74) is 0.623. The van der Waals surface area contributed by atoms with Gasteiger partial charge < -0.3 is 10.6 Å². The number of nitrogens with one attached hydrogen (secondary N) is 2. The minimum absolute atomic E-state index is 0.190. The van der Waals surface area contributed by atoms with E-state index in [1.165, 1.54) is 19.3 Å². The number of hydrogen-bond acceptors (Lipinski definition) is 3. The summed E-state index contributed by atoms with van der Waals surface area (Å²) >= 11 is 6.02. The van der Waals surface area contributed by atoms with Crippen molar-refractivity contribution in [3.63, 3.8) is 0 Å². The topological polar surface area (TPSA) is 54.0 Å². The lowest BCUT2D eigenvalue weighted by molar-refractivity contribution is 0.0939. The van der Waals surface area contributed by atoms with Crippen LogP contribution in [0.15, 0.2) is 12.1 Å². The minimum Gasteiger partial charge on any atom is -0.373 e. The quantitative estimate of drug-likeness (QED) is 0.842. The molecule has 0 aliphatic heterocycles. The van der Waals surface area contributed by atoms with Gasteiger partial charge in [-0.1, -0.05) is 24.9 Å². The van der Waals surface area contributed by atoms with E-state index in [-0.39, 0.29) is 5.91 Å². The molecule has 1 aromatic heterocycles. The van der Waals surface area contributed by atoms with Gasteiger partial charge in [0, 0.05) is 13.6 Å². The molecule has 0 atom stereocenters. The maximum atomic E-state index is 12.1. The van der Waals surface area contributed by atoms with Crippen molar-refractivity contribution in [2.24, 2.45) is 5.41 Å². The molecule has 1 amide bonds. The van der Waals surface area contributed by atoms with Gasteiger partial charge in [-0.05, 0) is 36.8 Å². The van der Waals surface area contributed by atoms with E-state index in [1.807, 2.05) is 0 Å². The first-order valence-electron chi connectivity index (χ1n) is 6.73. The minimum atomic E-state index is -0.190. The zero-order valence-corrected chi connectivity index (χ0v) is 12.2. The summed E-state index contributed by atoms with van der Waals surface area (Å²) in [7, 11) is 1.76. The van der Waals surface area contributed by atoms with E-state index in [1.54, 1.807) is 19.2 Å². The number of nitrogens with zero attached hydrogens (tertiary/aromatic N) is 1. The molecule has 19 heavy (non-hydrogen) atoms. The van der Waals surface area contributed by atoms with Crippen LogP contribution in [-0.2, 0) is 0 Å². The SMILES string of the molecule is CCCC1(CNC(=O)c2nc(NC)ccc2Cl)CC1. The Kier molecular flexibility index (Phi) is 4.30. The van der Waals surface area contributed by atoms with Crippen molar-refractivity contribution in [1.82, 2.24) is 10.3 Å². The van der Waals surface area contributed by atoms with E-state index in [0.29, 0.717) is 21.9 Å². The predicted molar refractivity (Wildman–Crippen MR) is 77.7 cm³/mol. The summed E-state index contributed by atoms with van der Waals surface area (Å²) in [6.45, 7) is 2.90. The van der Waals surface area contributed by atoms with Crippen molar-refractivity contribution in [2.75, 3.05) is 18.9 Å². The Balaban J connectivity index is 2.00. The van der Waals surface area contributed by atoms with E-state index >= 15 is 0 Å². The van der Waals surface area contributed by atoms with E-state index in [9.17, 15) is 4.79 Å². The molecule has 1 aliphatic rings. The zero-order chi connectivity index (χ0) is 13.9. The second-order valence-electron chi connectivity index (χ2n) is 5.21. The number of amides is 1. The van der Waals surface area contributed by atoms with Crippen LogP contribution in [0, 0.1) is 5.41 Å². The number of rotatable bonds is 6. The average Bonchev–Trinajstić information content (AvgIpc) is 3.17. The van der Waals surface area contributed by atoms with E-state index in [4.69, 9.17) is 11.6 Å². The van der Waals surface area contributed by atoms with Gasteiger partial charge in [0.15, 0.2) is 0 Å². The molecule has 4 nitrogen and oxygen atoms in total. The first-order valence-corrected chi connectivity index (χ1v) is 7.10. The number of hydrogen-bond donors (Lipinski definition) is 2. The smallest absolute Gasteiger partial charge is 0.271 e. The van der Waals surface area contributed by atoms with Crippen molar-refractivity contribution in [2.45, 2.75) is 32.6 Å². The summed E-state index contributed by atoms with van der Waals surface area (Å²) in [5.74, 6) is 0.453. The first kappa shape index (κ1) is 14.1. The molecule has 0 unspecified atom stereocenters. The molecule has 0 aromatic carbocycles. The number of aromatic nitrogens is 1. The van der Waals surface area contributed by atoms with Gasteiger partial charge in [-0.15, -0.1) is 0 Å². The number of halogens is 1. The fourth-order valence-corrected chi connectivity index (χ4v) is 2.51. The molecule has 2 rings (SSSR count). The highest BCUT2D eigenvalue weighted by Crippen LogP contribution is 2.48. The summed E-state index contributed by atoms with van der Waals surface area (Å²) in [6, 6.07) is 3.44. The highest BCUT2D eigenvalue weighted by atomic mass is 35.5. The molecule has 1 heterocycles. The van der Waals surface area contributed by atoms with Crippen LogP contribution in [0.4, 0.5) is 5.82 Å². The molecule has 0 saturated heterocycles. The third-order valence-electron chi connectivity index (χ3n) is 3.68. The standard InChI is InChI=1S/C14H20ClN3O/c1-3-6-14(7-8-14)9-17-13(19)12-10(15)4-5-11(16-2)18-12/h4-5H,3,6-9H2,1-2H3,(H,16,18)(H,17,19). The molecule has 5 heteroatoms. The fraction of sp³-hybridized carbons (Fsp3) is 0.571. The maximum absolute atomic E-state index is 12.1. The Hall–Kier alpha value is -1.29. The van der Waals surface area contributed by atoms with Crippen molar-refractivity contribution in [1.29, 1.82) is 0 Å². The summed E-state index contributed by atoms with van der Waals surface area (Å²) in [5, 5.41) is 6.26. The lowest BCUT2D eigenvalue weighted by atomic mass is 10.0. The number of pyridine rings is 1. The third kappa shape index (κ3) is 3.38. The Morgan fingerprint density at radius 2 is 2.21 bits per heavy atom. The molecule has 1 saturated carbocycles. The van der Waals surface area contributed by atoms with Crippen molar-refractivity contribution >= 4 is 23.3 Å². The Morgan fingerprint density at radius 1 is 1.47 bits per heavy atom.